The molecule has 1 heterocycles. The third-order valence-electron chi connectivity index (χ3n) is 3.35. The molecule has 0 amide bonds. The average Bonchev–Trinajstić information content (AvgIpc) is 2.74. The summed E-state index contributed by atoms with van der Waals surface area (Å²) >= 11 is 1.95. The van der Waals surface area contributed by atoms with E-state index in [-0.39, 0.29) is 6.04 Å². The van der Waals surface area contributed by atoms with Gasteiger partial charge in [0.15, 0.2) is 0 Å². The molecule has 0 aromatic carbocycles. The van der Waals surface area contributed by atoms with Gasteiger partial charge in [0.1, 0.15) is 0 Å². The second-order valence-electron chi connectivity index (χ2n) is 4.36. The number of rotatable bonds is 3. The van der Waals surface area contributed by atoms with Gasteiger partial charge >= 0.3 is 0 Å². The molecule has 0 radical (unpaired) electrons. The number of hydrogen-bond acceptors (Lipinski definition) is 2. The van der Waals surface area contributed by atoms with Gasteiger partial charge in [-0.2, -0.15) is 0 Å². The first-order valence-electron chi connectivity index (χ1n) is 5.59. The fourth-order valence-corrected chi connectivity index (χ4v) is 3.44. The minimum Gasteiger partial charge on any atom is -0.323 e. The van der Waals surface area contributed by atoms with Crippen LogP contribution in [0.15, 0.2) is 6.07 Å². The van der Waals surface area contributed by atoms with Crippen LogP contribution < -0.4 is 5.73 Å². The third kappa shape index (κ3) is 1.73. The third-order valence-corrected chi connectivity index (χ3v) is 4.69. The van der Waals surface area contributed by atoms with E-state index in [0.717, 1.165) is 0 Å². The van der Waals surface area contributed by atoms with Crippen LogP contribution in [-0.4, -0.2) is 0 Å². The standard InChI is InChI=1S/C12H19NS/c1-3-8(2)12(13)11-7-9-5-4-6-10(9)14-11/h7-8,12H,3-6,13H2,1-2H3. The minimum atomic E-state index is 0.260. The van der Waals surface area contributed by atoms with E-state index in [2.05, 4.69) is 19.9 Å². The number of fused-ring (bicyclic) bond motifs is 1. The average molecular weight is 209 g/mol. The number of thiophene rings is 1. The number of aryl methyl sites for hydroxylation is 2. The lowest BCUT2D eigenvalue weighted by molar-refractivity contribution is 0.462. The molecule has 0 spiro atoms. The topological polar surface area (TPSA) is 26.0 Å². The monoisotopic (exact) mass is 209 g/mol. The van der Waals surface area contributed by atoms with Crippen LogP contribution in [0, 0.1) is 5.92 Å². The molecule has 2 N–H and O–H groups in total. The second kappa shape index (κ2) is 4.03. The van der Waals surface area contributed by atoms with Gasteiger partial charge in [-0.25, -0.2) is 0 Å². The Labute approximate surface area is 90.3 Å². The number of nitrogens with two attached hydrogens (primary N) is 1. The summed E-state index contributed by atoms with van der Waals surface area (Å²) < 4.78 is 0. The van der Waals surface area contributed by atoms with E-state index in [1.807, 2.05) is 11.3 Å². The molecule has 2 unspecified atom stereocenters. The zero-order valence-electron chi connectivity index (χ0n) is 9.05. The Morgan fingerprint density at radius 1 is 1.50 bits per heavy atom. The Bertz CT molecular complexity index is 295. The summed E-state index contributed by atoms with van der Waals surface area (Å²) in [5.74, 6) is 0.605. The van der Waals surface area contributed by atoms with Crippen molar-refractivity contribution in [1.29, 1.82) is 0 Å². The van der Waals surface area contributed by atoms with Gasteiger partial charge < -0.3 is 5.73 Å². The Kier molecular flexibility index (Phi) is 2.93. The highest BCUT2D eigenvalue weighted by molar-refractivity contribution is 7.12. The van der Waals surface area contributed by atoms with Crippen molar-refractivity contribution < 1.29 is 0 Å². The minimum absolute atomic E-state index is 0.260. The Morgan fingerprint density at radius 2 is 2.29 bits per heavy atom. The molecular weight excluding hydrogens is 190 g/mol. The van der Waals surface area contributed by atoms with Gasteiger partial charge in [-0.05, 0) is 36.8 Å². The first-order chi connectivity index (χ1) is 6.72. The van der Waals surface area contributed by atoms with Crippen LogP contribution in [0.3, 0.4) is 0 Å². The summed E-state index contributed by atoms with van der Waals surface area (Å²) in [4.78, 5) is 3.00. The fraction of sp³-hybridized carbons (Fsp3) is 0.667. The van der Waals surface area contributed by atoms with Gasteiger partial charge in [-0.1, -0.05) is 20.3 Å². The summed E-state index contributed by atoms with van der Waals surface area (Å²) in [7, 11) is 0. The van der Waals surface area contributed by atoms with Gasteiger partial charge in [-0.15, -0.1) is 11.3 Å². The summed E-state index contributed by atoms with van der Waals surface area (Å²) in [6.07, 6.45) is 5.08. The molecule has 2 atom stereocenters. The van der Waals surface area contributed by atoms with E-state index in [0.29, 0.717) is 5.92 Å². The lowest BCUT2D eigenvalue weighted by atomic mass is 9.98. The van der Waals surface area contributed by atoms with Crippen molar-refractivity contribution in [3.05, 3.63) is 21.4 Å². The summed E-state index contributed by atoms with van der Waals surface area (Å²) in [5.41, 5.74) is 7.79. The molecule has 2 rings (SSSR count). The molecule has 1 nitrogen and oxygen atoms in total. The fourth-order valence-electron chi connectivity index (χ4n) is 2.05. The van der Waals surface area contributed by atoms with Gasteiger partial charge in [-0.3, -0.25) is 0 Å². The highest BCUT2D eigenvalue weighted by atomic mass is 32.1. The molecule has 78 valence electrons. The second-order valence-corrected chi connectivity index (χ2v) is 5.53. The van der Waals surface area contributed by atoms with Crippen molar-refractivity contribution in [1.82, 2.24) is 0 Å². The van der Waals surface area contributed by atoms with Crippen molar-refractivity contribution in [3.8, 4) is 0 Å². The largest absolute Gasteiger partial charge is 0.323 e. The Morgan fingerprint density at radius 3 is 2.93 bits per heavy atom. The van der Waals surface area contributed by atoms with Gasteiger partial charge in [0, 0.05) is 15.8 Å². The molecule has 0 saturated heterocycles. The van der Waals surface area contributed by atoms with Crippen LogP contribution in [0.5, 0.6) is 0 Å². The molecule has 14 heavy (non-hydrogen) atoms. The van der Waals surface area contributed by atoms with E-state index < -0.39 is 0 Å². The highest BCUT2D eigenvalue weighted by Gasteiger charge is 2.20. The summed E-state index contributed by atoms with van der Waals surface area (Å²) in [5, 5.41) is 0. The van der Waals surface area contributed by atoms with Crippen LogP contribution in [0.1, 0.15) is 48.0 Å². The zero-order chi connectivity index (χ0) is 10.1. The SMILES string of the molecule is CCC(C)C(N)c1cc2c(s1)CCC2. The maximum absolute atomic E-state index is 6.22. The molecule has 1 aromatic heterocycles. The van der Waals surface area contributed by atoms with Crippen LogP contribution >= 0.6 is 11.3 Å². The highest BCUT2D eigenvalue weighted by Crippen LogP contribution is 2.35. The van der Waals surface area contributed by atoms with Crippen molar-refractivity contribution in [3.63, 3.8) is 0 Å². The summed E-state index contributed by atoms with van der Waals surface area (Å²) in [6, 6.07) is 2.61. The molecule has 0 bridgehead atoms. The van der Waals surface area contributed by atoms with Gasteiger partial charge in [0.25, 0.3) is 0 Å². The Hall–Kier alpha value is -0.340. The van der Waals surface area contributed by atoms with E-state index in [1.165, 1.54) is 30.6 Å². The van der Waals surface area contributed by atoms with E-state index in [4.69, 9.17) is 5.73 Å². The molecule has 0 aliphatic heterocycles. The van der Waals surface area contributed by atoms with Crippen molar-refractivity contribution in [2.24, 2.45) is 11.7 Å². The molecule has 1 aromatic rings. The first kappa shape index (κ1) is 10.2. The molecule has 0 fully saturated rings. The predicted octanol–water partition coefficient (Wildman–Crippen LogP) is 3.28. The van der Waals surface area contributed by atoms with E-state index in [9.17, 15) is 0 Å². The molecule has 2 heteroatoms. The van der Waals surface area contributed by atoms with Crippen molar-refractivity contribution in [2.75, 3.05) is 0 Å². The first-order valence-corrected chi connectivity index (χ1v) is 6.41. The van der Waals surface area contributed by atoms with Gasteiger partial charge in [0.2, 0.25) is 0 Å². The molecule has 0 saturated carbocycles. The number of hydrogen-bond donors (Lipinski definition) is 1. The van der Waals surface area contributed by atoms with Crippen molar-refractivity contribution >= 4 is 11.3 Å². The van der Waals surface area contributed by atoms with Crippen LogP contribution in [0.25, 0.3) is 0 Å². The smallest absolute Gasteiger partial charge is 0.0415 e. The van der Waals surface area contributed by atoms with Gasteiger partial charge in [0.05, 0.1) is 0 Å². The molecule has 1 aliphatic carbocycles. The van der Waals surface area contributed by atoms with Crippen LogP contribution in [-0.2, 0) is 12.8 Å². The van der Waals surface area contributed by atoms with Crippen molar-refractivity contribution in [2.45, 2.75) is 45.6 Å². The normalized spacial score (nSPS) is 19.4. The van der Waals surface area contributed by atoms with E-state index in [1.54, 1.807) is 10.4 Å². The summed E-state index contributed by atoms with van der Waals surface area (Å²) in [6.45, 7) is 4.46. The van der Waals surface area contributed by atoms with Crippen LogP contribution in [0.4, 0.5) is 0 Å². The molecular formula is C12H19NS. The maximum atomic E-state index is 6.22. The van der Waals surface area contributed by atoms with Crippen LogP contribution in [0.2, 0.25) is 0 Å². The maximum Gasteiger partial charge on any atom is 0.0415 e. The van der Waals surface area contributed by atoms with E-state index >= 15 is 0 Å². The Balaban J connectivity index is 2.17. The lowest BCUT2D eigenvalue weighted by Crippen LogP contribution is -2.17. The molecule has 1 aliphatic rings. The quantitative estimate of drug-likeness (QED) is 0.812. The predicted molar refractivity (Wildman–Crippen MR) is 62.7 cm³/mol. The zero-order valence-corrected chi connectivity index (χ0v) is 9.86. The lowest BCUT2D eigenvalue weighted by Gasteiger charge is -2.16.